The van der Waals surface area contributed by atoms with E-state index < -0.39 is 0 Å². The number of hydrazine groups is 1. The predicted molar refractivity (Wildman–Crippen MR) is 64.3 cm³/mol. The summed E-state index contributed by atoms with van der Waals surface area (Å²) in [7, 11) is 0. The van der Waals surface area contributed by atoms with Gasteiger partial charge in [0.2, 0.25) is 0 Å². The summed E-state index contributed by atoms with van der Waals surface area (Å²) in [6.07, 6.45) is 7.23. The Balaban J connectivity index is 2.67. The Labute approximate surface area is 99.9 Å². The zero-order chi connectivity index (χ0) is 12.0. The van der Waals surface area contributed by atoms with Crippen LogP contribution in [0.4, 0.5) is 4.39 Å². The van der Waals surface area contributed by atoms with Gasteiger partial charge in [-0.1, -0.05) is 17.7 Å². The molecule has 0 saturated heterocycles. The number of terminal acetylenes is 1. The van der Waals surface area contributed by atoms with E-state index in [0.29, 0.717) is 17.9 Å². The molecular weight excluding hydrogens is 227 g/mol. The van der Waals surface area contributed by atoms with E-state index in [2.05, 4.69) is 11.3 Å². The molecule has 0 aliphatic rings. The van der Waals surface area contributed by atoms with E-state index in [4.69, 9.17) is 23.9 Å². The van der Waals surface area contributed by atoms with Crippen molar-refractivity contribution in [2.45, 2.75) is 25.3 Å². The lowest BCUT2D eigenvalue weighted by Gasteiger charge is -2.15. The van der Waals surface area contributed by atoms with E-state index in [-0.39, 0.29) is 11.9 Å². The summed E-state index contributed by atoms with van der Waals surface area (Å²) < 4.78 is 12.8. The highest BCUT2D eigenvalue weighted by Gasteiger charge is 2.10. The number of hydrogen-bond acceptors (Lipinski definition) is 2. The highest BCUT2D eigenvalue weighted by atomic mass is 35.5. The van der Waals surface area contributed by atoms with Crippen molar-refractivity contribution in [3.05, 3.63) is 34.6 Å². The van der Waals surface area contributed by atoms with Gasteiger partial charge in [-0.2, -0.15) is 0 Å². The normalized spacial score (nSPS) is 12.1. The second-order valence-electron chi connectivity index (χ2n) is 3.55. The number of nitrogens with one attached hydrogen (secondary N) is 1. The molecule has 1 unspecified atom stereocenters. The molecule has 1 aromatic rings. The van der Waals surface area contributed by atoms with Gasteiger partial charge >= 0.3 is 0 Å². The summed E-state index contributed by atoms with van der Waals surface area (Å²) in [4.78, 5) is 0. The van der Waals surface area contributed by atoms with Gasteiger partial charge in [0.25, 0.3) is 0 Å². The minimum absolute atomic E-state index is 0.0546. The molecule has 0 radical (unpaired) electrons. The largest absolute Gasteiger partial charge is 0.271 e. The average molecular weight is 241 g/mol. The average Bonchev–Trinajstić information content (AvgIpc) is 2.27. The van der Waals surface area contributed by atoms with Crippen LogP contribution in [0.15, 0.2) is 18.2 Å². The van der Waals surface area contributed by atoms with Crippen molar-refractivity contribution in [3.63, 3.8) is 0 Å². The highest BCUT2D eigenvalue weighted by Crippen LogP contribution is 2.19. The molecule has 0 amide bonds. The van der Waals surface area contributed by atoms with Crippen LogP contribution in [0, 0.1) is 18.2 Å². The molecule has 0 aliphatic carbocycles. The lowest BCUT2D eigenvalue weighted by molar-refractivity contribution is 0.497. The Morgan fingerprint density at radius 1 is 1.56 bits per heavy atom. The van der Waals surface area contributed by atoms with Gasteiger partial charge < -0.3 is 0 Å². The summed E-state index contributed by atoms with van der Waals surface area (Å²) in [5.41, 5.74) is 3.54. The first-order chi connectivity index (χ1) is 7.67. The fourth-order valence-electron chi connectivity index (χ4n) is 1.45. The standard InChI is InChI=1S/C12H14ClFN2/c1-2-3-4-11(16-15)7-9-5-6-10(14)8-12(9)13/h1,5-6,8,11,16H,3-4,7,15H2. The first-order valence-electron chi connectivity index (χ1n) is 5.01. The molecule has 0 heterocycles. The van der Waals surface area contributed by atoms with Gasteiger partial charge in [0, 0.05) is 17.5 Å². The first-order valence-corrected chi connectivity index (χ1v) is 5.38. The summed E-state index contributed by atoms with van der Waals surface area (Å²) in [6.45, 7) is 0. The van der Waals surface area contributed by atoms with Crippen LogP contribution in [0.3, 0.4) is 0 Å². The van der Waals surface area contributed by atoms with Crippen LogP contribution in [-0.4, -0.2) is 6.04 Å². The van der Waals surface area contributed by atoms with E-state index >= 15 is 0 Å². The van der Waals surface area contributed by atoms with Crippen LogP contribution in [0.1, 0.15) is 18.4 Å². The van der Waals surface area contributed by atoms with Gasteiger partial charge in [-0.3, -0.25) is 11.3 Å². The van der Waals surface area contributed by atoms with Crippen molar-refractivity contribution >= 4 is 11.6 Å². The van der Waals surface area contributed by atoms with E-state index in [1.807, 2.05) is 0 Å². The maximum absolute atomic E-state index is 12.8. The third-order valence-electron chi connectivity index (χ3n) is 2.35. The third kappa shape index (κ3) is 3.82. The highest BCUT2D eigenvalue weighted by molar-refractivity contribution is 6.31. The quantitative estimate of drug-likeness (QED) is 0.471. The molecular formula is C12H14ClFN2. The minimum Gasteiger partial charge on any atom is -0.271 e. The van der Waals surface area contributed by atoms with Crippen LogP contribution in [0.5, 0.6) is 0 Å². The van der Waals surface area contributed by atoms with Crippen LogP contribution in [-0.2, 0) is 6.42 Å². The number of halogens is 2. The van der Waals surface area contributed by atoms with Gasteiger partial charge in [-0.25, -0.2) is 4.39 Å². The maximum atomic E-state index is 12.8. The molecule has 1 aromatic carbocycles. The van der Waals surface area contributed by atoms with E-state index in [9.17, 15) is 4.39 Å². The Kier molecular flexibility index (Phi) is 5.27. The Hall–Kier alpha value is -1.08. The Morgan fingerprint density at radius 2 is 2.31 bits per heavy atom. The molecule has 0 bridgehead atoms. The zero-order valence-corrected chi connectivity index (χ0v) is 9.60. The molecule has 2 nitrogen and oxygen atoms in total. The molecule has 0 aliphatic heterocycles. The fourth-order valence-corrected chi connectivity index (χ4v) is 1.70. The van der Waals surface area contributed by atoms with Gasteiger partial charge in [0.15, 0.2) is 0 Å². The van der Waals surface area contributed by atoms with Crippen LogP contribution in [0.25, 0.3) is 0 Å². The van der Waals surface area contributed by atoms with Crippen molar-refractivity contribution in [3.8, 4) is 12.3 Å². The maximum Gasteiger partial charge on any atom is 0.124 e. The summed E-state index contributed by atoms with van der Waals surface area (Å²) in [5, 5.41) is 0.418. The topological polar surface area (TPSA) is 38.0 Å². The van der Waals surface area contributed by atoms with Crippen molar-refractivity contribution in [1.29, 1.82) is 0 Å². The molecule has 1 rings (SSSR count). The number of benzene rings is 1. The number of rotatable bonds is 5. The SMILES string of the molecule is C#CCCC(Cc1ccc(F)cc1Cl)NN. The van der Waals surface area contributed by atoms with Crippen molar-refractivity contribution in [1.82, 2.24) is 5.43 Å². The second-order valence-corrected chi connectivity index (χ2v) is 3.95. The lowest BCUT2D eigenvalue weighted by Crippen LogP contribution is -2.36. The fraction of sp³-hybridized carbons (Fsp3) is 0.333. The van der Waals surface area contributed by atoms with E-state index in [0.717, 1.165) is 12.0 Å². The van der Waals surface area contributed by atoms with Crippen molar-refractivity contribution in [2.75, 3.05) is 0 Å². The first kappa shape index (κ1) is 13.0. The minimum atomic E-state index is -0.338. The van der Waals surface area contributed by atoms with Crippen molar-refractivity contribution < 1.29 is 4.39 Å². The summed E-state index contributed by atoms with van der Waals surface area (Å²) in [6, 6.07) is 4.40. The summed E-state index contributed by atoms with van der Waals surface area (Å²) >= 11 is 5.92. The molecule has 0 fully saturated rings. The summed E-state index contributed by atoms with van der Waals surface area (Å²) in [5.74, 6) is 7.62. The van der Waals surface area contributed by atoms with Gasteiger partial charge in [0.05, 0.1) is 0 Å². The van der Waals surface area contributed by atoms with Crippen LogP contribution >= 0.6 is 11.6 Å². The van der Waals surface area contributed by atoms with Gasteiger partial charge in [0.1, 0.15) is 5.82 Å². The van der Waals surface area contributed by atoms with Crippen LogP contribution < -0.4 is 11.3 Å². The molecule has 0 spiro atoms. The van der Waals surface area contributed by atoms with Crippen molar-refractivity contribution in [2.24, 2.45) is 5.84 Å². The number of hydrogen-bond donors (Lipinski definition) is 2. The van der Waals surface area contributed by atoms with Gasteiger partial charge in [-0.15, -0.1) is 12.3 Å². The van der Waals surface area contributed by atoms with Crippen LogP contribution in [0.2, 0.25) is 5.02 Å². The molecule has 4 heteroatoms. The Morgan fingerprint density at radius 3 is 2.88 bits per heavy atom. The second kappa shape index (κ2) is 6.49. The molecule has 0 aromatic heterocycles. The third-order valence-corrected chi connectivity index (χ3v) is 2.71. The number of nitrogens with two attached hydrogens (primary N) is 1. The predicted octanol–water partition coefficient (Wildman–Crippen LogP) is 2.27. The smallest absolute Gasteiger partial charge is 0.124 e. The Bertz CT molecular complexity index is 387. The molecule has 16 heavy (non-hydrogen) atoms. The van der Waals surface area contributed by atoms with E-state index in [1.54, 1.807) is 6.07 Å². The molecule has 3 N–H and O–H groups in total. The van der Waals surface area contributed by atoms with E-state index in [1.165, 1.54) is 12.1 Å². The lowest BCUT2D eigenvalue weighted by atomic mass is 10.0. The zero-order valence-electron chi connectivity index (χ0n) is 8.84. The molecule has 86 valence electrons. The monoisotopic (exact) mass is 240 g/mol. The van der Waals surface area contributed by atoms with Gasteiger partial charge in [-0.05, 0) is 30.5 Å². The molecule has 0 saturated carbocycles. The molecule has 1 atom stereocenters.